The predicted molar refractivity (Wildman–Crippen MR) is 92.1 cm³/mol. The van der Waals surface area contributed by atoms with Gasteiger partial charge in [0.1, 0.15) is 6.04 Å². The molecule has 1 aromatic heterocycles. The Morgan fingerprint density at radius 1 is 1.33 bits per heavy atom. The molecular weight excluding hydrogens is 328 g/mol. The van der Waals surface area contributed by atoms with Gasteiger partial charge in [0.25, 0.3) is 0 Å². The lowest BCUT2D eigenvalue weighted by Crippen LogP contribution is -2.45. The second kappa shape index (κ2) is 7.05. The number of nitrogens with one attached hydrogen (secondary N) is 2. The summed E-state index contributed by atoms with van der Waals surface area (Å²) in [5.41, 5.74) is 1.27. The van der Waals surface area contributed by atoms with Crippen molar-refractivity contribution >= 4 is 29.1 Å². The summed E-state index contributed by atoms with van der Waals surface area (Å²) in [5.74, 6) is -0.264. The maximum absolute atomic E-state index is 12.2. The number of nitrogens with zero attached hydrogens (tertiary/aromatic N) is 2. The van der Waals surface area contributed by atoms with E-state index in [1.54, 1.807) is 30.1 Å². The second-order valence-electron chi connectivity index (χ2n) is 5.97. The third-order valence-corrected chi connectivity index (χ3v) is 4.50. The number of amides is 2. The van der Waals surface area contributed by atoms with Crippen molar-refractivity contribution in [3.63, 3.8) is 0 Å². The Balaban J connectivity index is 1.60. The molecule has 6 nitrogen and oxygen atoms in total. The summed E-state index contributed by atoms with van der Waals surface area (Å²) < 4.78 is 1.59. The number of rotatable bonds is 5. The lowest BCUT2D eigenvalue weighted by molar-refractivity contribution is -0.130. The molecule has 1 atom stereocenters. The lowest BCUT2D eigenvalue weighted by atomic mass is 9.84. The third-order valence-electron chi connectivity index (χ3n) is 4.18. The zero-order valence-electron chi connectivity index (χ0n) is 13.3. The number of hydrogen-bond acceptors (Lipinski definition) is 3. The van der Waals surface area contributed by atoms with Gasteiger partial charge in [-0.15, -0.1) is 0 Å². The molecule has 1 aliphatic rings. The number of carbonyl (C=O) groups excluding carboxylic acids is 2. The Hall–Kier alpha value is -2.34. The van der Waals surface area contributed by atoms with Gasteiger partial charge < -0.3 is 10.6 Å². The van der Waals surface area contributed by atoms with Gasteiger partial charge in [-0.25, -0.2) is 4.68 Å². The Morgan fingerprint density at radius 3 is 2.75 bits per heavy atom. The van der Waals surface area contributed by atoms with Crippen LogP contribution < -0.4 is 10.6 Å². The first-order valence-corrected chi connectivity index (χ1v) is 8.33. The molecule has 0 saturated heterocycles. The summed E-state index contributed by atoms with van der Waals surface area (Å²) in [6.07, 6.45) is 6.12. The number of benzene rings is 1. The molecule has 0 aliphatic heterocycles. The highest BCUT2D eigenvalue weighted by Crippen LogP contribution is 2.26. The second-order valence-corrected chi connectivity index (χ2v) is 6.38. The predicted octanol–water partition coefficient (Wildman–Crippen LogP) is 2.77. The van der Waals surface area contributed by atoms with Gasteiger partial charge in [-0.3, -0.25) is 9.59 Å². The topological polar surface area (TPSA) is 76.0 Å². The molecule has 1 heterocycles. The minimum atomic E-state index is -0.596. The number of anilines is 1. The molecule has 1 fully saturated rings. The van der Waals surface area contributed by atoms with E-state index < -0.39 is 6.04 Å². The Bertz CT molecular complexity index is 755. The van der Waals surface area contributed by atoms with Gasteiger partial charge >= 0.3 is 0 Å². The fourth-order valence-corrected chi connectivity index (χ4v) is 2.70. The smallest absolute Gasteiger partial charge is 0.246 e. The van der Waals surface area contributed by atoms with Crippen LogP contribution in [0.4, 0.5) is 5.69 Å². The van der Waals surface area contributed by atoms with Crippen molar-refractivity contribution in [1.82, 2.24) is 15.1 Å². The Labute approximate surface area is 145 Å². The summed E-state index contributed by atoms with van der Waals surface area (Å²) in [6, 6.07) is 6.71. The van der Waals surface area contributed by atoms with Crippen molar-refractivity contribution in [2.24, 2.45) is 5.92 Å². The van der Waals surface area contributed by atoms with Crippen LogP contribution in [0.15, 0.2) is 36.7 Å². The van der Waals surface area contributed by atoms with Crippen LogP contribution in [-0.4, -0.2) is 27.6 Å². The van der Waals surface area contributed by atoms with E-state index in [2.05, 4.69) is 15.7 Å². The quantitative estimate of drug-likeness (QED) is 0.874. The van der Waals surface area contributed by atoms with Gasteiger partial charge in [0.05, 0.1) is 28.8 Å². The van der Waals surface area contributed by atoms with Crippen molar-refractivity contribution in [3.05, 3.63) is 41.7 Å². The molecule has 1 aliphatic carbocycles. The van der Waals surface area contributed by atoms with E-state index in [4.69, 9.17) is 11.6 Å². The van der Waals surface area contributed by atoms with E-state index in [1.807, 2.05) is 18.2 Å². The van der Waals surface area contributed by atoms with Gasteiger partial charge in [-0.05, 0) is 31.9 Å². The highest BCUT2D eigenvalue weighted by atomic mass is 35.5. The zero-order valence-corrected chi connectivity index (χ0v) is 14.1. The summed E-state index contributed by atoms with van der Waals surface area (Å²) in [6.45, 7) is 1.67. The molecule has 0 unspecified atom stereocenters. The summed E-state index contributed by atoms with van der Waals surface area (Å²) in [4.78, 5) is 24.1. The van der Waals surface area contributed by atoms with Crippen molar-refractivity contribution in [2.75, 3.05) is 5.32 Å². The Morgan fingerprint density at radius 2 is 2.08 bits per heavy atom. The van der Waals surface area contributed by atoms with E-state index in [9.17, 15) is 9.59 Å². The average molecular weight is 347 g/mol. The molecule has 7 heteroatoms. The number of halogens is 1. The van der Waals surface area contributed by atoms with Crippen LogP contribution in [0.25, 0.3) is 5.69 Å². The van der Waals surface area contributed by atoms with Gasteiger partial charge in [0, 0.05) is 5.92 Å². The fraction of sp³-hybridized carbons (Fsp3) is 0.353. The van der Waals surface area contributed by atoms with Crippen molar-refractivity contribution in [2.45, 2.75) is 32.2 Å². The summed E-state index contributed by atoms with van der Waals surface area (Å²) in [5, 5.41) is 10.3. The van der Waals surface area contributed by atoms with Crippen molar-refractivity contribution in [3.8, 4) is 5.69 Å². The largest absolute Gasteiger partial charge is 0.344 e. The number of carbonyl (C=O) groups is 2. The number of aromatic nitrogens is 2. The SMILES string of the molecule is C[C@@H](NC(=O)C1CCC1)C(=O)Nc1cnn(-c2ccccc2Cl)c1. The number of para-hydroxylation sites is 1. The highest BCUT2D eigenvalue weighted by molar-refractivity contribution is 6.32. The van der Waals surface area contributed by atoms with Gasteiger partial charge in [0.15, 0.2) is 0 Å². The third kappa shape index (κ3) is 3.59. The molecule has 24 heavy (non-hydrogen) atoms. The van der Waals surface area contributed by atoms with Crippen LogP contribution in [0.1, 0.15) is 26.2 Å². The standard InChI is InChI=1S/C17H19ClN4O2/c1-11(20-17(24)12-5-4-6-12)16(23)21-13-9-19-22(10-13)15-8-3-2-7-14(15)18/h2-3,7-12H,4-6H2,1H3,(H,20,24)(H,21,23)/t11-/m1/s1. The molecule has 0 radical (unpaired) electrons. The van der Waals surface area contributed by atoms with Crippen LogP contribution in [-0.2, 0) is 9.59 Å². The molecule has 0 bridgehead atoms. The normalized spacial score (nSPS) is 15.4. The Kier molecular flexibility index (Phi) is 4.85. The van der Waals surface area contributed by atoms with Gasteiger partial charge in [-0.1, -0.05) is 30.2 Å². The minimum absolute atomic E-state index is 0.0457. The molecule has 3 rings (SSSR count). The highest BCUT2D eigenvalue weighted by Gasteiger charge is 2.27. The van der Waals surface area contributed by atoms with Gasteiger partial charge in [-0.2, -0.15) is 5.10 Å². The summed E-state index contributed by atoms with van der Waals surface area (Å²) in [7, 11) is 0. The molecular formula is C17H19ClN4O2. The molecule has 2 N–H and O–H groups in total. The molecule has 1 aromatic carbocycles. The number of hydrogen-bond donors (Lipinski definition) is 2. The zero-order chi connectivity index (χ0) is 17.1. The van der Waals surface area contributed by atoms with E-state index in [-0.39, 0.29) is 17.7 Å². The van der Waals surface area contributed by atoms with E-state index >= 15 is 0 Å². The van der Waals surface area contributed by atoms with Crippen LogP contribution in [0.3, 0.4) is 0 Å². The van der Waals surface area contributed by atoms with Gasteiger partial charge in [0.2, 0.25) is 11.8 Å². The van der Waals surface area contributed by atoms with E-state index in [1.165, 1.54) is 0 Å². The first-order chi connectivity index (χ1) is 11.5. The van der Waals surface area contributed by atoms with Crippen LogP contribution in [0, 0.1) is 5.92 Å². The lowest BCUT2D eigenvalue weighted by Gasteiger charge is -2.25. The minimum Gasteiger partial charge on any atom is -0.344 e. The molecule has 2 aromatic rings. The van der Waals surface area contributed by atoms with E-state index in [0.717, 1.165) is 24.9 Å². The summed E-state index contributed by atoms with van der Waals surface area (Å²) >= 11 is 6.13. The molecule has 1 saturated carbocycles. The van der Waals surface area contributed by atoms with E-state index in [0.29, 0.717) is 10.7 Å². The first-order valence-electron chi connectivity index (χ1n) is 7.95. The van der Waals surface area contributed by atoms with Crippen molar-refractivity contribution < 1.29 is 9.59 Å². The first kappa shape index (κ1) is 16.5. The maximum atomic E-state index is 12.2. The van der Waals surface area contributed by atoms with Crippen molar-refractivity contribution in [1.29, 1.82) is 0 Å². The van der Waals surface area contributed by atoms with Crippen LogP contribution in [0.5, 0.6) is 0 Å². The average Bonchev–Trinajstić information content (AvgIpc) is 2.94. The monoisotopic (exact) mass is 346 g/mol. The molecule has 0 spiro atoms. The molecule has 2 amide bonds. The van der Waals surface area contributed by atoms with Crippen LogP contribution in [0.2, 0.25) is 5.02 Å². The maximum Gasteiger partial charge on any atom is 0.246 e. The molecule has 126 valence electrons. The fourth-order valence-electron chi connectivity index (χ4n) is 2.47. The van der Waals surface area contributed by atoms with Crippen LogP contribution >= 0.6 is 11.6 Å².